The molecule has 0 saturated carbocycles. The normalized spacial score (nSPS) is 15.5. The van der Waals surface area contributed by atoms with Gasteiger partial charge in [-0.25, -0.2) is 0 Å². The van der Waals surface area contributed by atoms with Crippen molar-refractivity contribution in [1.82, 2.24) is 0 Å². The van der Waals surface area contributed by atoms with Crippen molar-refractivity contribution in [3.8, 4) is 17.2 Å². The van der Waals surface area contributed by atoms with Gasteiger partial charge in [0.1, 0.15) is 17.2 Å². The molecule has 1 atom stereocenters. The third kappa shape index (κ3) is 6.19. The highest BCUT2D eigenvalue weighted by Gasteiger charge is 2.20. The monoisotopic (exact) mass is 343 g/mol. The van der Waals surface area contributed by atoms with Crippen LogP contribution in [0.3, 0.4) is 0 Å². The van der Waals surface area contributed by atoms with Crippen LogP contribution in [0.4, 0.5) is 5.69 Å². The van der Waals surface area contributed by atoms with E-state index in [2.05, 4.69) is 5.32 Å². The van der Waals surface area contributed by atoms with Crippen LogP contribution >= 0.6 is 0 Å². The highest BCUT2D eigenvalue weighted by Crippen LogP contribution is 2.20. The van der Waals surface area contributed by atoms with Gasteiger partial charge in [0.15, 0.2) is 0 Å². The molecule has 0 amide bonds. The number of nitrogens with one attached hydrogen (secondary N) is 1. The van der Waals surface area contributed by atoms with Crippen LogP contribution in [0.5, 0.6) is 17.2 Å². The second-order valence-corrected chi connectivity index (χ2v) is 5.95. The van der Waals surface area contributed by atoms with Crippen LogP contribution in [0.15, 0.2) is 48.5 Å². The van der Waals surface area contributed by atoms with Crippen LogP contribution in [0.25, 0.3) is 0 Å². The molecule has 0 bridgehead atoms. The first-order chi connectivity index (χ1) is 12.3. The average Bonchev–Trinajstić information content (AvgIpc) is 3.48. The molecule has 0 radical (unpaired) electrons. The Kier molecular flexibility index (Phi) is 6.40. The Balaban J connectivity index is 1.32. The molecule has 1 aliphatic rings. The molecule has 3 rings (SSSR count). The van der Waals surface area contributed by atoms with Gasteiger partial charge in [-0.15, -0.1) is 0 Å². The Hall–Kier alpha value is -2.40. The zero-order chi connectivity index (χ0) is 17.3. The SMILES string of the molecule is CNc1ccc(OCOc2ccc(OCCCCC3CO3)cc2)cc1. The van der Waals surface area contributed by atoms with E-state index in [1.54, 1.807) is 0 Å². The lowest BCUT2D eigenvalue weighted by Crippen LogP contribution is -2.05. The number of hydrogen-bond acceptors (Lipinski definition) is 5. The fourth-order valence-corrected chi connectivity index (χ4v) is 2.41. The molecule has 1 heterocycles. The fourth-order valence-electron chi connectivity index (χ4n) is 2.41. The van der Waals surface area contributed by atoms with Crippen molar-refractivity contribution < 1.29 is 18.9 Å². The molecule has 2 aromatic carbocycles. The molecule has 1 fully saturated rings. The van der Waals surface area contributed by atoms with Gasteiger partial charge in [-0.05, 0) is 67.8 Å². The number of unbranched alkanes of at least 4 members (excludes halogenated alkanes) is 1. The van der Waals surface area contributed by atoms with Crippen molar-refractivity contribution in [2.75, 3.05) is 32.4 Å². The third-order valence-electron chi connectivity index (χ3n) is 4.01. The molecule has 1 aliphatic heterocycles. The topological polar surface area (TPSA) is 52.2 Å². The van der Waals surface area contributed by atoms with E-state index < -0.39 is 0 Å². The van der Waals surface area contributed by atoms with E-state index in [4.69, 9.17) is 18.9 Å². The Bertz CT molecular complexity index is 623. The van der Waals surface area contributed by atoms with Gasteiger partial charge >= 0.3 is 0 Å². The summed E-state index contributed by atoms with van der Waals surface area (Å²) >= 11 is 0. The van der Waals surface area contributed by atoms with E-state index in [9.17, 15) is 0 Å². The van der Waals surface area contributed by atoms with Crippen molar-refractivity contribution >= 4 is 5.69 Å². The van der Waals surface area contributed by atoms with Gasteiger partial charge in [0.2, 0.25) is 6.79 Å². The molecule has 1 N–H and O–H groups in total. The zero-order valence-electron chi connectivity index (χ0n) is 14.6. The minimum absolute atomic E-state index is 0.169. The van der Waals surface area contributed by atoms with Gasteiger partial charge < -0.3 is 24.3 Å². The summed E-state index contributed by atoms with van der Waals surface area (Å²) in [7, 11) is 1.88. The van der Waals surface area contributed by atoms with Crippen LogP contribution in [-0.4, -0.2) is 33.2 Å². The molecule has 134 valence electrons. The summed E-state index contributed by atoms with van der Waals surface area (Å²) in [6, 6.07) is 15.3. The minimum atomic E-state index is 0.169. The summed E-state index contributed by atoms with van der Waals surface area (Å²) in [5.74, 6) is 2.39. The van der Waals surface area contributed by atoms with Gasteiger partial charge in [-0.2, -0.15) is 0 Å². The van der Waals surface area contributed by atoms with Crippen LogP contribution in [-0.2, 0) is 4.74 Å². The van der Waals surface area contributed by atoms with Crippen molar-refractivity contribution in [3.63, 3.8) is 0 Å². The van der Waals surface area contributed by atoms with Gasteiger partial charge in [0.25, 0.3) is 0 Å². The summed E-state index contributed by atoms with van der Waals surface area (Å²) in [5, 5.41) is 3.07. The number of ether oxygens (including phenoxy) is 4. The molecule has 1 unspecified atom stereocenters. The second kappa shape index (κ2) is 9.18. The first-order valence-electron chi connectivity index (χ1n) is 8.71. The number of benzene rings is 2. The molecule has 0 aromatic heterocycles. The number of rotatable bonds is 11. The number of epoxide rings is 1. The Morgan fingerprint density at radius 2 is 1.44 bits per heavy atom. The number of anilines is 1. The predicted molar refractivity (Wildman–Crippen MR) is 97.6 cm³/mol. The molecular weight excluding hydrogens is 318 g/mol. The highest BCUT2D eigenvalue weighted by molar-refractivity contribution is 5.45. The fraction of sp³-hybridized carbons (Fsp3) is 0.400. The lowest BCUT2D eigenvalue weighted by atomic mass is 10.2. The van der Waals surface area contributed by atoms with E-state index in [1.807, 2.05) is 55.6 Å². The van der Waals surface area contributed by atoms with E-state index >= 15 is 0 Å². The average molecular weight is 343 g/mol. The molecule has 2 aromatic rings. The molecular formula is C20H25NO4. The molecule has 1 saturated heterocycles. The van der Waals surface area contributed by atoms with Gasteiger partial charge in [0, 0.05) is 12.7 Å². The first-order valence-corrected chi connectivity index (χ1v) is 8.71. The Morgan fingerprint density at radius 3 is 2.00 bits per heavy atom. The summed E-state index contributed by atoms with van der Waals surface area (Å²) in [6.45, 7) is 1.84. The van der Waals surface area contributed by atoms with Crippen LogP contribution in [0.2, 0.25) is 0 Å². The minimum Gasteiger partial charge on any atom is -0.494 e. The van der Waals surface area contributed by atoms with Gasteiger partial charge in [-0.3, -0.25) is 0 Å². The molecule has 0 aliphatic carbocycles. The molecule has 5 nitrogen and oxygen atoms in total. The predicted octanol–water partition coefficient (Wildman–Crippen LogP) is 4.09. The maximum atomic E-state index is 5.73. The first kappa shape index (κ1) is 17.4. The summed E-state index contributed by atoms with van der Waals surface area (Å²) in [5.41, 5.74) is 1.05. The second-order valence-electron chi connectivity index (χ2n) is 5.95. The van der Waals surface area contributed by atoms with Crippen molar-refractivity contribution in [2.24, 2.45) is 0 Å². The van der Waals surface area contributed by atoms with Crippen LogP contribution in [0.1, 0.15) is 19.3 Å². The lowest BCUT2D eigenvalue weighted by Gasteiger charge is -2.10. The largest absolute Gasteiger partial charge is 0.494 e. The Labute approximate surface area is 148 Å². The van der Waals surface area contributed by atoms with Crippen LogP contribution < -0.4 is 19.5 Å². The number of hydrogen-bond donors (Lipinski definition) is 1. The van der Waals surface area contributed by atoms with Crippen molar-refractivity contribution in [3.05, 3.63) is 48.5 Å². The summed E-state index contributed by atoms with van der Waals surface area (Å²) in [6.07, 6.45) is 3.87. The van der Waals surface area contributed by atoms with Gasteiger partial charge in [-0.1, -0.05) is 0 Å². The smallest absolute Gasteiger partial charge is 0.230 e. The quantitative estimate of drug-likeness (QED) is 0.378. The summed E-state index contributed by atoms with van der Waals surface area (Å²) < 4.78 is 22.1. The maximum Gasteiger partial charge on any atom is 0.230 e. The van der Waals surface area contributed by atoms with Crippen LogP contribution in [0, 0.1) is 0 Å². The zero-order valence-corrected chi connectivity index (χ0v) is 14.6. The Morgan fingerprint density at radius 1 is 0.880 bits per heavy atom. The van der Waals surface area contributed by atoms with E-state index in [0.717, 1.165) is 55.4 Å². The van der Waals surface area contributed by atoms with Crippen molar-refractivity contribution in [1.29, 1.82) is 0 Å². The molecule has 0 spiro atoms. The van der Waals surface area contributed by atoms with E-state index in [1.165, 1.54) is 0 Å². The highest BCUT2D eigenvalue weighted by atomic mass is 16.7. The van der Waals surface area contributed by atoms with Gasteiger partial charge in [0.05, 0.1) is 19.3 Å². The maximum absolute atomic E-state index is 5.73. The lowest BCUT2D eigenvalue weighted by molar-refractivity contribution is 0.120. The van der Waals surface area contributed by atoms with Crippen molar-refractivity contribution in [2.45, 2.75) is 25.4 Å². The van der Waals surface area contributed by atoms with E-state index in [-0.39, 0.29) is 6.79 Å². The molecule has 25 heavy (non-hydrogen) atoms. The molecule has 5 heteroatoms. The standard InChI is InChI=1S/C20H25NO4/c1-21-16-5-7-18(8-6-16)24-15-25-19-11-9-17(10-12-19)22-13-3-2-4-20-14-23-20/h5-12,20-21H,2-4,13-15H2,1H3. The summed E-state index contributed by atoms with van der Waals surface area (Å²) in [4.78, 5) is 0. The third-order valence-corrected chi connectivity index (χ3v) is 4.01. The van der Waals surface area contributed by atoms with E-state index in [0.29, 0.717) is 6.10 Å².